The summed E-state index contributed by atoms with van der Waals surface area (Å²) in [5.41, 5.74) is 1.02. The number of amides is 4. The number of piperazine rings is 2. The third kappa shape index (κ3) is 3.56. The standard InChI is InChI=1S/C17H21ClN4O3/c1-2-19-10-11-22(16(24)15(19)23)17(25)21-8-6-20(7-9-21)14-5-3-4-13(18)12-14/h3-5,12H,2,6-11H2,1H3. The van der Waals surface area contributed by atoms with Crippen LogP contribution in [0.5, 0.6) is 0 Å². The van der Waals surface area contributed by atoms with E-state index >= 15 is 0 Å². The van der Waals surface area contributed by atoms with Crippen molar-refractivity contribution in [1.29, 1.82) is 0 Å². The number of benzene rings is 1. The number of anilines is 1. The van der Waals surface area contributed by atoms with Crippen molar-refractivity contribution in [2.45, 2.75) is 6.92 Å². The highest BCUT2D eigenvalue weighted by atomic mass is 35.5. The van der Waals surface area contributed by atoms with Gasteiger partial charge >= 0.3 is 17.8 Å². The first kappa shape index (κ1) is 17.5. The van der Waals surface area contributed by atoms with Gasteiger partial charge in [0.2, 0.25) is 0 Å². The van der Waals surface area contributed by atoms with Gasteiger partial charge in [0.1, 0.15) is 0 Å². The van der Waals surface area contributed by atoms with Gasteiger partial charge in [-0.25, -0.2) is 4.79 Å². The number of hydrogen-bond donors (Lipinski definition) is 0. The van der Waals surface area contributed by atoms with Crippen LogP contribution in [0.1, 0.15) is 6.92 Å². The van der Waals surface area contributed by atoms with Gasteiger partial charge in [-0.15, -0.1) is 0 Å². The molecule has 134 valence electrons. The Bertz CT molecular complexity index is 688. The lowest BCUT2D eigenvalue weighted by molar-refractivity contribution is -0.153. The molecule has 2 aliphatic rings. The number of carbonyl (C=O) groups excluding carboxylic acids is 3. The van der Waals surface area contributed by atoms with E-state index < -0.39 is 11.8 Å². The predicted molar refractivity (Wildman–Crippen MR) is 94.6 cm³/mol. The highest BCUT2D eigenvalue weighted by Crippen LogP contribution is 2.21. The molecule has 0 spiro atoms. The number of nitrogens with zero attached hydrogens (tertiary/aromatic N) is 4. The quantitative estimate of drug-likeness (QED) is 0.741. The molecule has 3 rings (SSSR count). The number of likely N-dealkylation sites (N-methyl/N-ethyl adjacent to an activating group) is 1. The molecule has 7 nitrogen and oxygen atoms in total. The zero-order valence-electron chi connectivity index (χ0n) is 14.2. The lowest BCUT2D eigenvalue weighted by Gasteiger charge is -2.39. The molecule has 1 aromatic carbocycles. The van der Waals surface area contributed by atoms with Crippen molar-refractivity contribution in [2.24, 2.45) is 0 Å². The Morgan fingerprint density at radius 1 is 1.04 bits per heavy atom. The topological polar surface area (TPSA) is 64.2 Å². The maximum absolute atomic E-state index is 12.6. The van der Waals surface area contributed by atoms with E-state index in [2.05, 4.69) is 4.90 Å². The van der Waals surface area contributed by atoms with E-state index in [4.69, 9.17) is 11.6 Å². The van der Waals surface area contributed by atoms with Gasteiger partial charge in [0, 0.05) is 56.5 Å². The normalized spacial score (nSPS) is 18.8. The Balaban J connectivity index is 1.60. The average Bonchev–Trinajstić information content (AvgIpc) is 2.63. The molecule has 2 heterocycles. The maximum atomic E-state index is 12.6. The summed E-state index contributed by atoms with van der Waals surface area (Å²) in [6.07, 6.45) is 0. The second kappa shape index (κ2) is 7.31. The number of rotatable bonds is 2. The predicted octanol–water partition coefficient (Wildman–Crippen LogP) is 1.27. The zero-order chi connectivity index (χ0) is 18.0. The van der Waals surface area contributed by atoms with Crippen molar-refractivity contribution < 1.29 is 14.4 Å². The maximum Gasteiger partial charge on any atom is 0.327 e. The van der Waals surface area contributed by atoms with Crippen LogP contribution in [0.3, 0.4) is 0 Å². The molecule has 1 aromatic rings. The lowest BCUT2D eigenvalue weighted by atomic mass is 10.2. The molecular formula is C17H21ClN4O3. The SMILES string of the molecule is CCN1CCN(C(=O)N2CCN(c3cccc(Cl)c3)CC2)C(=O)C1=O. The summed E-state index contributed by atoms with van der Waals surface area (Å²) < 4.78 is 0. The molecule has 0 N–H and O–H groups in total. The van der Waals surface area contributed by atoms with E-state index in [-0.39, 0.29) is 12.6 Å². The summed E-state index contributed by atoms with van der Waals surface area (Å²) in [5.74, 6) is -1.32. The van der Waals surface area contributed by atoms with Crippen LogP contribution in [0, 0.1) is 0 Å². The van der Waals surface area contributed by atoms with Crippen LogP contribution in [0.25, 0.3) is 0 Å². The first-order valence-corrected chi connectivity index (χ1v) is 8.79. The van der Waals surface area contributed by atoms with Gasteiger partial charge in [-0.05, 0) is 25.1 Å². The van der Waals surface area contributed by atoms with Gasteiger partial charge in [0.25, 0.3) is 0 Å². The number of imide groups is 1. The molecule has 2 saturated heterocycles. The van der Waals surface area contributed by atoms with Crippen LogP contribution in [-0.4, -0.2) is 78.4 Å². The van der Waals surface area contributed by atoms with Gasteiger partial charge < -0.3 is 14.7 Å². The van der Waals surface area contributed by atoms with Crippen molar-refractivity contribution in [3.63, 3.8) is 0 Å². The second-order valence-corrected chi connectivity index (χ2v) is 6.51. The Labute approximate surface area is 151 Å². The summed E-state index contributed by atoms with van der Waals surface area (Å²) in [4.78, 5) is 43.1. The average molecular weight is 365 g/mol. The zero-order valence-corrected chi connectivity index (χ0v) is 14.9. The molecule has 2 fully saturated rings. The third-order valence-corrected chi connectivity index (χ3v) is 4.88. The molecule has 4 amide bonds. The molecule has 0 aromatic heterocycles. The molecule has 0 saturated carbocycles. The van der Waals surface area contributed by atoms with E-state index in [0.29, 0.717) is 44.3 Å². The summed E-state index contributed by atoms with van der Waals surface area (Å²) in [6.45, 7) is 5.26. The fourth-order valence-corrected chi connectivity index (χ4v) is 3.34. The summed E-state index contributed by atoms with van der Waals surface area (Å²) in [6, 6.07) is 7.22. The molecule has 0 aliphatic carbocycles. The fourth-order valence-electron chi connectivity index (χ4n) is 3.16. The monoisotopic (exact) mass is 364 g/mol. The Morgan fingerprint density at radius 2 is 1.76 bits per heavy atom. The van der Waals surface area contributed by atoms with E-state index in [1.165, 1.54) is 4.90 Å². The minimum atomic E-state index is -0.727. The van der Waals surface area contributed by atoms with Crippen molar-refractivity contribution in [3.05, 3.63) is 29.3 Å². The van der Waals surface area contributed by atoms with Crippen molar-refractivity contribution >= 4 is 35.1 Å². The van der Waals surface area contributed by atoms with Crippen LogP contribution in [0.4, 0.5) is 10.5 Å². The number of urea groups is 1. The van der Waals surface area contributed by atoms with Crippen molar-refractivity contribution in [1.82, 2.24) is 14.7 Å². The number of carbonyl (C=O) groups is 3. The van der Waals surface area contributed by atoms with Crippen molar-refractivity contribution in [3.8, 4) is 0 Å². The summed E-state index contributed by atoms with van der Waals surface area (Å²) in [7, 11) is 0. The second-order valence-electron chi connectivity index (χ2n) is 6.08. The van der Waals surface area contributed by atoms with Crippen LogP contribution in [0.15, 0.2) is 24.3 Å². The molecule has 0 atom stereocenters. The van der Waals surface area contributed by atoms with Crippen LogP contribution in [-0.2, 0) is 9.59 Å². The van der Waals surface area contributed by atoms with Crippen molar-refractivity contribution in [2.75, 3.05) is 50.7 Å². The smallest absolute Gasteiger partial charge is 0.327 e. The first-order valence-electron chi connectivity index (χ1n) is 8.41. The van der Waals surface area contributed by atoms with E-state index in [0.717, 1.165) is 10.6 Å². The third-order valence-electron chi connectivity index (χ3n) is 4.65. The Morgan fingerprint density at radius 3 is 2.40 bits per heavy atom. The molecule has 25 heavy (non-hydrogen) atoms. The largest absolute Gasteiger partial charge is 0.368 e. The Hall–Kier alpha value is -2.28. The fraction of sp³-hybridized carbons (Fsp3) is 0.471. The number of hydrogen-bond acceptors (Lipinski definition) is 4. The van der Waals surface area contributed by atoms with E-state index in [1.807, 2.05) is 31.2 Å². The van der Waals surface area contributed by atoms with Crippen LogP contribution >= 0.6 is 11.6 Å². The molecule has 0 unspecified atom stereocenters. The van der Waals surface area contributed by atoms with Gasteiger partial charge in [0.05, 0.1) is 0 Å². The minimum absolute atomic E-state index is 0.256. The van der Waals surface area contributed by atoms with Crippen LogP contribution < -0.4 is 4.90 Å². The van der Waals surface area contributed by atoms with Gasteiger partial charge in [-0.3, -0.25) is 14.5 Å². The summed E-state index contributed by atoms with van der Waals surface area (Å²) in [5, 5.41) is 0.675. The molecular weight excluding hydrogens is 344 g/mol. The van der Waals surface area contributed by atoms with Gasteiger partial charge in [0.15, 0.2) is 0 Å². The molecule has 0 bridgehead atoms. The van der Waals surface area contributed by atoms with Gasteiger partial charge in [-0.2, -0.15) is 0 Å². The Kier molecular flexibility index (Phi) is 5.13. The van der Waals surface area contributed by atoms with Gasteiger partial charge in [-0.1, -0.05) is 17.7 Å². The highest BCUT2D eigenvalue weighted by Gasteiger charge is 2.37. The lowest BCUT2D eigenvalue weighted by Crippen LogP contribution is -2.60. The molecule has 2 aliphatic heterocycles. The first-order chi connectivity index (χ1) is 12.0. The molecule has 0 radical (unpaired) electrons. The molecule has 8 heteroatoms. The summed E-state index contributed by atoms with van der Waals surface area (Å²) >= 11 is 6.03. The highest BCUT2D eigenvalue weighted by molar-refractivity contribution is 6.38. The van der Waals surface area contributed by atoms with E-state index in [9.17, 15) is 14.4 Å². The van der Waals surface area contributed by atoms with Crippen LogP contribution in [0.2, 0.25) is 5.02 Å². The minimum Gasteiger partial charge on any atom is -0.368 e. The number of halogens is 1. The van der Waals surface area contributed by atoms with E-state index in [1.54, 1.807) is 4.90 Å².